The number of pyridine rings is 5. The average Bonchev–Trinajstić information content (AvgIpc) is 0.918. The maximum atomic E-state index is 14.6. The van der Waals surface area contributed by atoms with Gasteiger partial charge in [0.25, 0.3) is 33.5 Å². The molecule has 6 saturated heterocycles. The number of fused-ring (bicyclic) bond motifs is 7. The van der Waals surface area contributed by atoms with Gasteiger partial charge < -0.3 is 79.5 Å². The third kappa shape index (κ3) is 20.7. The number of piperazine rings is 5. The number of rotatable bonds is 17. The summed E-state index contributed by atoms with van der Waals surface area (Å²) in [6.45, 7) is 19.8. The van der Waals surface area contributed by atoms with Crippen molar-refractivity contribution < 1.29 is 42.1 Å². The van der Waals surface area contributed by atoms with E-state index >= 15 is 0 Å². The minimum absolute atomic E-state index is 0.0291. The van der Waals surface area contributed by atoms with Crippen LogP contribution in [0.5, 0.6) is 34.5 Å². The maximum Gasteiger partial charge on any atom is 0.270 e. The molecule has 6 aliphatic rings. The van der Waals surface area contributed by atoms with E-state index in [1.807, 2.05) is 98.2 Å². The number of nitrogens with zero attached hydrogens (tertiary/aromatic N) is 16. The van der Waals surface area contributed by atoms with Crippen molar-refractivity contribution in [2.45, 2.75) is 44.8 Å². The van der Waals surface area contributed by atoms with Crippen LogP contribution < -0.4 is 107 Å². The van der Waals surface area contributed by atoms with Gasteiger partial charge in [-0.1, -0.05) is 42.0 Å². The number of benzene rings is 5. The predicted molar refractivity (Wildman–Crippen MR) is 522 cm³/mol. The molecule has 16 heterocycles. The van der Waals surface area contributed by atoms with E-state index in [0.29, 0.717) is 86.3 Å². The molecule has 3 atom stereocenters. The van der Waals surface area contributed by atoms with Gasteiger partial charge in [-0.2, -0.15) is 0 Å². The molecule has 6 aliphatic heterocycles. The monoisotopic (exact) mass is 1850 g/mol. The van der Waals surface area contributed by atoms with Crippen LogP contribution in [0.1, 0.15) is 25.3 Å². The van der Waals surface area contributed by atoms with Crippen molar-refractivity contribution >= 4 is 62.4 Å². The Kier molecular flexibility index (Phi) is 28.3. The minimum atomic E-state index is -0.537. The Hall–Kier alpha value is -15.2. The van der Waals surface area contributed by atoms with Crippen LogP contribution in [0.4, 0.5) is 42.9 Å². The number of hydrogen-bond donors (Lipinski definition) is 5. The van der Waals surface area contributed by atoms with Crippen molar-refractivity contribution in [1.82, 2.24) is 73.5 Å². The summed E-state index contributed by atoms with van der Waals surface area (Å²) in [6.07, 6.45) is 11.6. The van der Waals surface area contributed by atoms with Crippen molar-refractivity contribution in [2.24, 2.45) is 0 Å². The summed E-state index contributed by atoms with van der Waals surface area (Å²) in [5, 5.41) is 27.9. The number of ether oxygens (including phenoxy) is 6. The second-order valence-electron chi connectivity index (χ2n) is 33.6. The Morgan fingerprint density at radius 3 is 1.07 bits per heavy atom. The van der Waals surface area contributed by atoms with Crippen molar-refractivity contribution in [3.63, 3.8) is 0 Å². The molecule has 2 bridgehead atoms. The number of halogens is 2. The lowest BCUT2D eigenvalue weighted by Crippen LogP contribution is -2.51. The number of anilines is 5. The van der Waals surface area contributed by atoms with Crippen molar-refractivity contribution in [3.05, 3.63) is 292 Å². The highest BCUT2D eigenvalue weighted by molar-refractivity contribution is 5.72. The summed E-state index contributed by atoms with van der Waals surface area (Å²) in [6, 6.07) is 53.0. The molecule has 0 saturated carbocycles. The molecule has 10 aromatic heterocycles. The lowest BCUT2D eigenvalue weighted by atomic mass is 10.1. The summed E-state index contributed by atoms with van der Waals surface area (Å²) >= 11 is 0. The largest absolute Gasteiger partial charge is 0.493 e. The summed E-state index contributed by atoms with van der Waals surface area (Å²) in [5.74, 6) is 1.47. The van der Waals surface area contributed by atoms with Crippen LogP contribution in [-0.2, 0) is 0 Å². The number of nitro benzene ring substituents is 1. The topological polar surface area (TPSA) is 347 Å². The minimum Gasteiger partial charge on any atom is -0.493 e. The zero-order valence-electron chi connectivity index (χ0n) is 76.6. The van der Waals surface area contributed by atoms with E-state index in [1.54, 1.807) is 84.1 Å². The van der Waals surface area contributed by atoms with Gasteiger partial charge in [-0.05, 0) is 118 Å². The van der Waals surface area contributed by atoms with Gasteiger partial charge in [0.15, 0.2) is 34.5 Å². The Morgan fingerprint density at radius 1 is 0.353 bits per heavy atom. The molecule has 15 aromatic rings. The molecule has 36 heteroatoms. The van der Waals surface area contributed by atoms with Gasteiger partial charge in [0.05, 0.1) is 104 Å². The maximum absolute atomic E-state index is 14.6. The van der Waals surface area contributed by atoms with Crippen LogP contribution in [0.2, 0.25) is 0 Å². The lowest BCUT2D eigenvalue weighted by Gasteiger charge is -2.34. The van der Waals surface area contributed by atoms with Crippen LogP contribution in [0.25, 0.3) is 84.5 Å². The summed E-state index contributed by atoms with van der Waals surface area (Å²) in [5.41, 5.74) is 13.0. The molecule has 0 spiro atoms. The number of aryl methyl sites for hydroxylation is 1. The first-order valence-electron chi connectivity index (χ1n) is 45.0. The van der Waals surface area contributed by atoms with E-state index in [9.17, 15) is 42.9 Å². The zero-order valence-corrected chi connectivity index (χ0v) is 76.6. The smallest absolute Gasteiger partial charge is 0.270 e. The highest BCUT2D eigenvalue weighted by Crippen LogP contribution is 2.38. The number of methoxy groups -OCH3 is 6. The van der Waals surface area contributed by atoms with Gasteiger partial charge in [0.1, 0.15) is 39.9 Å². The number of aromatic nitrogens is 10. The van der Waals surface area contributed by atoms with Crippen molar-refractivity contribution in [1.29, 1.82) is 0 Å². The highest BCUT2D eigenvalue weighted by Gasteiger charge is 2.33. The molecule has 0 radical (unpaired) electrons. The molecular formula is C100H105F2N21O13. The van der Waals surface area contributed by atoms with Gasteiger partial charge in [-0.3, -0.25) is 56.1 Å². The van der Waals surface area contributed by atoms with E-state index in [-0.39, 0.29) is 67.5 Å². The van der Waals surface area contributed by atoms with Gasteiger partial charge in [-0.15, -0.1) is 0 Å². The molecule has 0 amide bonds. The molecule has 34 nitrogen and oxygen atoms in total. The Balaban J connectivity index is 0.000000118. The van der Waals surface area contributed by atoms with Gasteiger partial charge in [-0.25, -0.2) is 33.7 Å². The van der Waals surface area contributed by atoms with Gasteiger partial charge in [0, 0.05) is 243 Å². The molecule has 702 valence electrons. The molecule has 5 N–H and O–H groups in total. The van der Waals surface area contributed by atoms with E-state index < -0.39 is 16.6 Å². The lowest BCUT2D eigenvalue weighted by molar-refractivity contribution is -0.384. The molecule has 0 aliphatic carbocycles. The van der Waals surface area contributed by atoms with Crippen LogP contribution in [0.3, 0.4) is 0 Å². The van der Waals surface area contributed by atoms with Gasteiger partial charge in [0.2, 0.25) is 0 Å². The molecule has 6 fully saturated rings. The first kappa shape index (κ1) is 92.6. The first-order chi connectivity index (χ1) is 66.1. The number of nitrogens with one attached hydrogen (secondary N) is 5. The standard InChI is InChI=1S/C22H24N4O3.C21H23FN4O3.C20H21FN4O3.C19H20N4O.C18H17N5O3/c1-28-19-7-3-14(9-20(19)29-2)18-10-22(27)26-13-17(6-8-21(26)24-18)25-11-15-4-5-16(12-25)23-15;1-13-11-25(7-6-23-13)14-4-5-20-24-17(10-21(27)26(20)12-14)15-8-18(28-2)19(29-3)9-16(15)22;1-27-17-9-14(15(21)10-18(17)28-2)16-11-20(26)25-12-13(3-4-19(25)23-16)24-7-5-22-6-8-24;1-14-2-4-15(5-3-14)17-12-19(24)23-13-16(6-7-18(23)21-17)22-10-8-20-9-11-22;24-18-11-16(13-2-1-3-14(10-13)23(25)26)20-17-5-4-15(12-22(17)18)21-8-6-19-7-9-21/h3,6-10,13,15-16,23H,4-5,11-12H2,1-2H3;4-5,8-10,12-13,23H,6-7,11H2,1-3H3;3-4,9-12,22H,5-8H2,1-2H3;2-7,12-13,20H,8-11H2,1H3;1-5,10-12,19H,6-9H2/t;13-;;;/m.0.../s1. The zero-order chi connectivity index (χ0) is 94.8. The fourth-order valence-electron chi connectivity index (χ4n) is 17.7. The number of nitro groups is 1. The molecule has 2 unspecified atom stereocenters. The second-order valence-corrected chi connectivity index (χ2v) is 33.6. The van der Waals surface area contributed by atoms with E-state index in [2.05, 4.69) is 84.0 Å². The SMILES string of the molecule is COc1cc(F)c(-c2cc(=O)n3cc(N4CCNCC4)ccc3n2)cc1OC.COc1cc(F)c(-c2cc(=O)n3cc(N4CCN[C@@H](C)C4)ccc3n2)cc1OC.COc1ccc(-c2cc(=O)n3cc(N4CC5CCC(C4)N5)ccc3n2)cc1OC.Cc1ccc(-c2cc(=O)n3cc(N4CCNCC4)ccc3n2)cc1.O=c1cc(-c2cccc([N+](=O)[O-])c2)nc2ccc(N3CCNCC3)cn12. The first-order valence-corrected chi connectivity index (χ1v) is 45.0. The quantitative estimate of drug-likeness (QED) is 0.0418. The van der Waals surface area contributed by atoms with Crippen LogP contribution in [-0.4, -0.2) is 224 Å². The number of hydrogen-bond acceptors (Lipinski definition) is 28. The van der Waals surface area contributed by atoms with Crippen LogP contribution in [0, 0.1) is 28.7 Å². The normalized spacial score (nSPS) is 16.4. The summed E-state index contributed by atoms with van der Waals surface area (Å²) in [4.78, 5) is 108. The molecular weight excluding hydrogens is 1740 g/mol. The summed E-state index contributed by atoms with van der Waals surface area (Å²) in [7, 11) is 9.01. The Morgan fingerprint density at radius 2 is 0.684 bits per heavy atom. The third-order valence-corrected chi connectivity index (χ3v) is 24.9. The van der Waals surface area contributed by atoms with Gasteiger partial charge >= 0.3 is 0 Å². The van der Waals surface area contributed by atoms with E-state index in [4.69, 9.17) is 33.4 Å². The van der Waals surface area contributed by atoms with Crippen LogP contribution in [0.15, 0.2) is 237 Å². The van der Waals surface area contributed by atoms with Crippen molar-refractivity contribution in [3.8, 4) is 90.8 Å². The Labute approximate surface area is 780 Å². The van der Waals surface area contributed by atoms with E-state index in [0.717, 1.165) is 157 Å². The second kappa shape index (κ2) is 41.5. The summed E-state index contributed by atoms with van der Waals surface area (Å²) < 4.78 is 68.3. The van der Waals surface area contributed by atoms with Crippen LogP contribution >= 0.6 is 0 Å². The van der Waals surface area contributed by atoms with Crippen molar-refractivity contribution in [2.75, 3.05) is 178 Å². The average molecular weight is 1850 g/mol. The Bertz CT molecular complexity index is 7260. The van der Waals surface area contributed by atoms with E-state index in [1.165, 1.54) is 115 Å². The molecule has 21 rings (SSSR count). The molecule has 5 aromatic carbocycles. The highest BCUT2D eigenvalue weighted by atomic mass is 19.1. The predicted octanol–water partition coefficient (Wildman–Crippen LogP) is 10.3. The molecule has 136 heavy (non-hydrogen) atoms. The fraction of sp³-hybridized carbons (Fsp3) is 0.300. The fourth-order valence-corrected chi connectivity index (χ4v) is 17.7. The third-order valence-electron chi connectivity index (χ3n) is 24.9. The number of non-ortho nitro benzene ring substituents is 1.